The first kappa shape index (κ1) is 14.0. The third kappa shape index (κ3) is 2.22. The van der Waals surface area contributed by atoms with Gasteiger partial charge in [0.2, 0.25) is 5.91 Å². The van der Waals surface area contributed by atoms with Gasteiger partial charge in [-0.15, -0.1) is 0 Å². The predicted octanol–water partition coefficient (Wildman–Crippen LogP) is 1.35. The summed E-state index contributed by atoms with van der Waals surface area (Å²) in [7, 11) is 0. The lowest BCUT2D eigenvalue weighted by atomic mass is 9.47. The summed E-state index contributed by atoms with van der Waals surface area (Å²) in [6.45, 7) is 5.07. The summed E-state index contributed by atoms with van der Waals surface area (Å²) >= 11 is 0. The summed E-state index contributed by atoms with van der Waals surface area (Å²) in [6, 6.07) is 0.396. The SMILES string of the molecule is CC(N1CCNCC1C(N)=O)C12CC3CC(CC(C3)C1)C2. The Hall–Kier alpha value is -0.610. The molecule has 4 heteroatoms. The normalized spacial score (nSPS) is 47.5. The number of piperazine rings is 1. The molecule has 4 saturated carbocycles. The van der Waals surface area contributed by atoms with Crippen LogP contribution in [0.5, 0.6) is 0 Å². The Balaban J connectivity index is 1.58. The second-order valence-electron chi connectivity index (χ2n) is 8.32. The van der Waals surface area contributed by atoms with Crippen LogP contribution in [0.4, 0.5) is 0 Å². The first-order valence-corrected chi connectivity index (χ1v) is 8.83. The highest BCUT2D eigenvalue weighted by Gasteiger charge is 2.55. The molecule has 2 unspecified atom stereocenters. The smallest absolute Gasteiger partial charge is 0.236 e. The molecule has 1 saturated heterocycles. The van der Waals surface area contributed by atoms with E-state index in [1.807, 2.05) is 0 Å². The van der Waals surface area contributed by atoms with Crippen LogP contribution in [0, 0.1) is 23.2 Å². The fourth-order valence-corrected chi connectivity index (χ4v) is 6.49. The van der Waals surface area contributed by atoms with E-state index in [1.54, 1.807) is 0 Å². The number of nitrogens with zero attached hydrogens (tertiary/aromatic N) is 1. The first-order valence-electron chi connectivity index (χ1n) is 8.83. The third-order valence-corrected chi connectivity index (χ3v) is 7.08. The number of nitrogens with one attached hydrogen (secondary N) is 1. The molecule has 5 rings (SSSR count). The van der Waals surface area contributed by atoms with E-state index in [0.29, 0.717) is 11.5 Å². The second-order valence-corrected chi connectivity index (χ2v) is 8.32. The van der Waals surface area contributed by atoms with Gasteiger partial charge in [-0.25, -0.2) is 0 Å². The zero-order chi connectivity index (χ0) is 14.6. The lowest BCUT2D eigenvalue weighted by molar-refractivity contribution is -0.133. The average molecular weight is 291 g/mol. The highest BCUT2D eigenvalue weighted by atomic mass is 16.1. The lowest BCUT2D eigenvalue weighted by Gasteiger charge is -2.61. The monoisotopic (exact) mass is 291 g/mol. The fraction of sp³-hybridized carbons (Fsp3) is 0.941. The van der Waals surface area contributed by atoms with Gasteiger partial charge >= 0.3 is 0 Å². The van der Waals surface area contributed by atoms with Crippen LogP contribution in [0.1, 0.15) is 45.4 Å². The van der Waals surface area contributed by atoms with Crippen LogP contribution in [0.25, 0.3) is 0 Å². The van der Waals surface area contributed by atoms with Gasteiger partial charge in [0.1, 0.15) is 6.04 Å². The number of primary amides is 1. The molecule has 1 amide bonds. The number of rotatable bonds is 3. The van der Waals surface area contributed by atoms with E-state index >= 15 is 0 Å². The van der Waals surface area contributed by atoms with E-state index in [4.69, 9.17) is 5.73 Å². The molecule has 21 heavy (non-hydrogen) atoms. The maximum atomic E-state index is 11.8. The molecule has 118 valence electrons. The van der Waals surface area contributed by atoms with Gasteiger partial charge in [0, 0.05) is 25.7 Å². The zero-order valence-electron chi connectivity index (χ0n) is 13.2. The molecule has 0 radical (unpaired) electrons. The molecule has 0 aromatic rings. The molecule has 2 atom stereocenters. The average Bonchev–Trinajstić information content (AvgIpc) is 2.45. The van der Waals surface area contributed by atoms with Gasteiger partial charge in [-0.2, -0.15) is 0 Å². The maximum absolute atomic E-state index is 11.8. The van der Waals surface area contributed by atoms with Crippen molar-refractivity contribution in [2.45, 2.75) is 57.5 Å². The number of nitrogens with two attached hydrogens (primary N) is 1. The first-order chi connectivity index (χ1) is 10.1. The minimum absolute atomic E-state index is 0.109. The number of carbonyl (C=O) groups is 1. The fourth-order valence-electron chi connectivity index (χ4n) is 6.49. The number of carbonyl (C=O) groups excluding carboxylic acids is 1. The van der Waals surface area contributed by atoms with Crippen molar-refractivity contribution in [2.75, 3.05) is 19.6 Å². The minimum atomic E-state index is -0.154. The van der Waals surface area contributed by atoms with E-state index in [1.165, 1.54) is 38.5 Å². The van der Waals surface area contributed by atoms with Crippen LogP contribution in [-0.2, 0) is 4.79 Å². The van der Waals surface area contributed by atoms with Gasteiger partial charge in [-0.05, 0) is 68.6 Å². The molecule has 0 aromatic heterocycles. The van der Waals surface area contributed by atoms with Gasteiger partial charge in [0.15, 0.2) is 0 Å². The third-order valence-electron chi connectivity index (χ3n) is 7.08. The summed E-state index contributed by atoms with van der Waals surface area (Å²) in [6.07, 6.45) is 8.63. The number of hydrogen-bond acceptors (Lipinski definition) is 3. The van der Waals surface area contributed by atoms with Crippen LogP contribution in [0.2, 0.25) is 0 Å². The van der Waals surface area contributed by atoms with Crippen molar-refractivity contribution in [3.8, 4) is 0 Å². The highest BCUT2D eigenvalue weighted by molar-refractivity contribution is 5.80. The van der Waals surface area contributed by atoms with E-state index in [9.17, 15) is 4.79 Å². The van der Waals surface area contributed by atoms with Crippen LogP contribution in [-0.4, -0.2) is 42.5 Å². The summed E-state index contributed by atoms with van der Waals surface area (Å²) in [5.41, 5.74) is 6.14. The molecular weight excluding hydrogens is 262 g/mol. The molecule has 4 aliphatic carbocycles. The Morgan fingerprint density at radius 1 is 1.19 bits per heavy atom. The quantitative estimate of drug-likeness (QED) is 0.825. The Kier molecular flexibility index (Phi) is 3.30. The second kappa shape index (κ2) is 4.95. The molecular formula is C17H29N3O. The Morgan fingerprint density at radius 2 is 1.76 bits per heavy atom. The molecule has 1 aliphatic heterocycles. The van der Waals surface area contributed by atoms with Gasteiger partial charge in [-0.3, -0.25) is 9.69 Å². The van der Waals surface area contributed by atoms with Gasteiger partial charge < -0.3 is 11.1 Å². The van der Waals surface area contributed by atoms with Crippen molar-refractivity contribution < 1.29 is 4.79 Å². The minimum Gasteiger partial charge on any atom is -0.368 e. The molecule has 3 N–H and O–H groups in total. The largest absolute Gasteiger partial charge is 0.368 e. The van der Waals surface area contributed by atoms with Crippen molar-refractivity contribution >= 4 is 5.91 Å². The van der Waals surface area contributed by atoms with Crippen molar-refractivity contribution in [3.63, 3.8) is 0 Å². The molecule has 4 bridgehead atoms. The summed E-state index contributed by atoms with van der Waals surface area (Å²) in [5, 5.41) is 3.33. The summed E-state index contributed by atoms with van der Waals surface area (Å²) < 4.78 is 0. The Bertz CT molecular complexity index is 400. The lowest BCUT2D eigenvalue weighted by Crippen LogP contribution is -2.64. The molecule has 0 aromatic carbocycles. The van der Waals surface area contributed by atoms with Crippen molar-refractivity contribution in [2.24, 2.45) is 28.9 Å². The summed E-state index contributed by atoms with van der Waals surface area (Å²) in [4.78, 5) is 14.3. The van der Waals surface area contributed by atoms with Crippen LogP contribution in [0.3, 0.4) is 0 Å². The Labute approximate surface area is 127 Å². The zero-order valence-corrected chi connectivity index (χ0v) is 13.2. The number of hydrogen-bond donors (Lipinski definition) is 2. The van der Waals surface area contributed by atoms with Crippen LogP contribution >= 0.6 is 0 Å². The summed E-state index contributed by atoms with van der Waals surface area (Å²) in [5.74, 6) is 2.75. The topological polar surface area (TPSA) is 58.4 Å². The Morgan fingerprint density at radius 3 is 2.29 bits per heavy atom. The van der Waals surface area contributed by atoms with Crippen molar-refractivity contribution in [1.82, 2.24) is 10.2 Å². The molecule has 0 spiro atoms. The number of amides is 1. The van der Waals surface area contributed by atoms with Gasteiger partial charge in [0.05, 0.1) is 0 Å². The predicted molar refractivity (Wildman–Crippen MR) is 82.6 cm³/mol. The van der Waals surface area contributed by atoms with Crippen molar-refractivity contribution in [1.29, 1.82) is 0 Å². The maximum Gasteiger partial charge on any atom is 0.236 e. The highest BCUT2D eigenvalue weighted by Crippen LogP contribution is 2.62. The van der Waals surface area contributed by atoms with E-state index in [-0.39, 0.29) is 11.9 Å². The van der Waals surface area contributed by atoms with Crippen LogP contribution < -0.4 is 11.1 Å². The molecule has 5 aliphatic rings. The van der Waals surface area contributed by atoms with Gasteiger partial charge in [0.25, 0.3) is 0 Å². The molecule has 4 nitrogen and oxygen atoms in total. The van der Waals surface area contributed by atoms with Crippen LogP contribution in [0.15, 0.2) is 0 Å². The van der Waals surface area contributed by atoms with E-state index < -0.39 is 0 Å². The van der Waals surface area contributed by atoms with Gasteiger partial charge in [-0.1, -0.05) is 0 Å². The van der Waals surface area contributed by atoms with E-state index in [0.717, 1.165) is 37.4 Å². The van der Waals surface area contributed by atoms with Crippen molar-refractivity contribution in [3.05, 3.63) is 0 Å². The standard InChI is InChI=1S/C17H29N3O/c1-11(20-3-2-19-10-15(20)16(18)21)17-7-12-4-13(8-17)6-14(5-12)9-17/h11-15,19H,2-10H2,1H3,(H2,18,21). The molecule has 5 fully saturated rings. The van der Waals surface area contributed by atoms with E-state index in [2.05, 4.69) is 17.1 Å². The molecule has 1 heterocycles.